The predicted molar refractivity (Wildman–Crippen MR) is 63.5 cm³/mol. The van der Waals surface area contributed by atoms with Crippen LogP contribution in [0.2, 0.25) is 0 Å². The number of hydrogen-bond acceptors (Lipinski definition) is 2. The second-order valence-corrected chi connectivity index (χ2v) is 3.95. The van der Waals surface area contributed by atoms with Gasteiger partial charge in [-0.25, -0.2) is 9.78 Å². The van der Waals surface area contributed by atoms with Crippen LogP contribution >= 0.6 is 0 Å². The molecule has 0 aliphatic rings. The average Bonchev–Trinajstić information content (AvgIpc) is 2.27. The van der Waals surface area contributed by atoms with Gasteiger partial charge in [-0.2, -0.15) is 0 Å². The lowest BCUT2D eigenvalue weighted by atomic mass is 10.1. The molecule has 1 aromatic heterocycles. The third-order valence-electron chi connectivity index (χ3n) is 2.71. The molecule has 16 heavy (non-hydrogen) atoms. The molecule has 0 saturated carbocycles. The second kappa shape index (κ2) is 4.31. The Bertz CT molecular complexity index is 558. The van der Waals surface area contributed by atoms with E-state index in [0.717, 1.165) is 5.56 Å². The summed E-state index contributed by atoms with van der Waals surface area (Å²) in [5, 5.41) is 0. The lowest BCUT2D eigenvalue weighted by molar-refractivity contribution is 0.726. The van der Waals surface area contributed by atoms with E-state index in [1.807, 2.05) is 6.07 Å². The van der Waals surface area contributed by atoms with Crippen molar-refractivity contribution < 1.29 is 0 Å². The molecule has 82 valence electrons. The molecular formula is C13H14N2O. The molecule has 0 radical (unpaired) electrons. The van der Waals surface area contributed by atoms with E-state index in [1.165, 1.54) is 17.3 Å². The number of benzene rings is 1. The Balaban J connectivity index is 2.31. The third kappa shape index (κ3) is 2.19. The van der Waals surface area contributed by atoms with Crippen LogP contribution in [-0.2, 0) is 6.54 Å². The first-order valence-electron chi connectivity index (χ1n) is 5.24. The molecule has 3 heteroatoms. The summed E-state index contributed by atoms with van der Waals surface area (Å²) in [5.41, 5.74) is 3.43. The van der Waals surface area contributed by atoms with E-state index < -0.39 is 0 Å². The lowest BCUT2D eigenvalue weighted by Gasteiger charge is -2.06. The highest BCUT2D eigenvalue weighted by atomic mass is 16.1. The largest absolute Gasteiger partial charge is 0.347 e. The molecule has 2 rings (SSSR count). The zero-order valence-electron chi connectivity index (χ0n) is 9.47. The Morgan fingerprint density at radius 2 is 2.06 bits per heavy atom. The fourth-order valence-electron chi connectivity index (χ4n) is 1.61. The monoisotopic (exact) mass is 214 g/mol. The van der Waals surface area contributed by atoms with Crippen LogP contribution in [0.5, 0.6) is 0 Å². The third-order valence-corrected chi connectivity index (χ3v) is 2.71. The summed E-state index contributed by atoms with van der Waals surface area (Å²) in [6.45, 7) is 4.73. The summed E-state index contributed by atoms with van der Waals surface area (Å²) < 4.78 is 1.60. The second-order valence-electron chi connectivity index (χ2n) is 3.95. The molecule has 0 spiro atoms. The molecule has 3 nitrogen and oxygen atoms in total. The van der Waals surface area contributed by atoms with Crippen molar-refractivity contribution >= 4 is 0 Å². The van der Waals surface area contributed by atoms with Gasteiger partial charge in [0, 0.05) is 12.4 Å². The minimum atomic E-state index is -0.208. The van der Waals surface area contributed by atoms with Gasteiger partial charge in [0.1, 0.15) is 0 Å². The lowest BCUT2D eigenvalue weighted by Crippen LogP contribution is -2.21. The van der Waals surface area contributed by atoms with Crippen molar-refractivity contribution in [3.05, 3.63) is 63.8 Å². The molecule has 1 aromatic carbocycles. The zero-order chi connectivity index (χ0) is 11.5. The summed E-state index contributed by atoms with van der Waals surface area (Å²) in [6.07, 6.45) is 3.27. The quantitative estimate of drug-likeness (QED) is 0.765. The van der Waals surface area contributed by atoms with E-state index in [2.05, 4.69) is 31.0 Å². The van der Waals surface area contributed by atoms with E-state index in [-0.39, 0.29) is 5.69 Å². The highest BCUT2D eigenvalue weighted by Gasteiger charge is 1.99. The first-order chi connectivity index (χ1) is 7.66. The number of nitrogens with zero attached hydrogens (tertiary/aromatic N) is 2. The minimum Gasteiger partial charge on any atom is -0.295 e. The molecule has 0 fully saturated rings. The van der Waals surface area contributed by atoms with Crippen LogP contribution in [0.4, 0.5) is 0 Å². The van der Waals surface area contributed by atoms with Gasteiger partial charge >= 0.3 is 5.69 Å². The maximum atomic E-state index is 11.4. The number of aromatic nitrogens is 2. The summed E-state index contributed by atoms with van der Waals surface area (Å²) >= 11 is 0. The molecule has 0 N–H and O–H groups in total. The molecule has 0 saturated heterocycles. The van der Waals surface area contributed by atoms with Gasteiger partial charge in [-0.15, -0.1) is 0 Å². The van der Waals surface area contributed by atoms with Crippen molar-refractivity contribution in [3.8, 4) is 0 Å². The van der Waals surface area contributed by atoms with E-state index in [4.69, 9.17) is 0 Å². The van der Waals surface area contributed by atoms with E-state index in [1.54, 1.807) is 16.8 Å². The summed E-state index contributed by atoms with van der Waals surface area (Å²) in [4.78, 5) is 15.1. The van der Waals surface area contributed by atoms with Crippen molar-refractivity contribution in [1.82, 2.24) is 9.55 Å². The van der Waals surface area contributed by atoms with Crippen molar-refractivity contribution in [2.75, 3.05) is 0 Å². The van der Waals surface area contributed by atoms with E-state index in [9.17, 15) is 4.79 Å². The van der Waals surface area contributed by atoms with Gasteiger partial charge < -0.3 is 0 Å². The SMILES string of the molecule is Cc1ccc(Cn2cccnc2=O)cc1C. The maximum absolute atomic E-state index is 11.4. The van der Waals surface area contributed by atoms with Crippen molar-refractivity contribution in [1.29, 1.82) is 0 Å². The van der Waals surface area contributed by atoms with E-state index >= 15 is 0 Å². The van der Waals surface area contributed by atoms with E-state index in [0.29, 0.717) is 6.54 Å². The Morgan fingerprint density at radius 1 is 1.25 bits per heavy atom. The molecular weight excluding hydrogens is 200 g/mol. The first-order valence-corrected chi connectivity index (χ1v) is 5.24. The Morgan fingerprint density at radius 3 is 2.75 bits per heavy atom. The normalized spacial score (nSPS) is 10.4. The Kier molecular flexibility index (Phi) is 2.86. The minimum absolute atomic E-state index is 0.208. The van der Waals surface area contributed by atoms with Crippen molar-refractivity contribution in [2.24, 2.45) is 0 Å². The van der Waals surface area contributed by atoms with Gasteiger partial charge in [0.15, 0.2) is 0 Å². The standard InChI is InChI=1S/C13H14N2O/c1-10-4-5-12(8-11(10)2)9-15-7-3-6-14-13(15)16/h3-8H,9H2,1-2H3. The van der Waals surface area contributed by atoms with Crippen LogP contribution < -0.4 is 5.69 Å². The maximum Gasteiger partial charge on any atom is 0.347 e. The fourth-order valence-corrected chi connectivity index (χ4v) is 1.61. The fraction of sp³-hybridized carbons (Fsp3) is 0.231. The van der Waals surface area contributed by atoms with Crippen LogP contribution in [-0.4, -0.2) is 9.55 Å². The molecule has 0 amide bonds. The molecule has 0 aliphatic heterocycles. The van der Waals surface area contributed by atoms with Gasteiger partial charge in [0.05, 0.1) is 6.54 Å². The van der Waals surface area contributed by atoms with Crippen LogP contribution in [0.1, 0.15) is 16.7 Å². The van der Waals surface area contributed by atoms with Gasteiger partial charge in [0.25, 0.3) is 0 Å². The number of rotatable bonds is 2. The number of aryl methyl sites for hydroxylation is 2. The molecule has 0 unspecified atom stereocenters. The molecule has 0 bridgehead atoms. The smallest absolute Gasteiger partial charge is 0.295 e. The summed E-state index contributed by atoms with van der Waals surface area (Å²) in [7, 11) is 0. The van der Waals surface area contributed by atoms with Gasteiger partial charge in [-0.1, -0.05) is 18.2 Å². The van der Waals surface area contributed by atoms with Gasteiger partial charge in [0.2, 0.25) is 0 Å². The first kappa shape index (κ1) is 10.6. The zero-order valence-corrected chi connectivity index (χ0v) is 9.47. The molecule has 0 atom stereocenters. The molecule has 0 aliphatic carbocycles. The topological polar surface area (TPSA) is 34.9 Å². The Hall–Kier alpha value is -1.90. The van der Waals surface area contributed by atoms with Crippen LogP contribution in [0.15, 0.2) is 41.5 Å². The number of hydrogen-bond donors (Lipinski definition) is 0. The predicted octanol–water partition coefficient (Wildman–Crippen LogP) is 1.91. The summed E-state index contributed by atoms with van der Waals surface area (Å²) in [5.74, 6) is 0. The van der Waals surface area contributed by atoms with Gasteiger partial charge in [-0.05, 0) is 36.6 Å². The van der Waals surface area contributed by atoms with Crippen LogP contribution in [0.25, 0.3) is 0 Å². The molecule has 1 heterocycles. The van der Waals surface area contributed by atoms with Gasteiger partial charge in [-0.3, -0.25) is 4.57 Å². The van der Waals surface area contributed by atoms with Crippen molar-refractivity contribution in [3.63, 3.8) is 0 Å². The van der Waals surface area contributed by atoms with Crippen molar-refractivity contribution in [2.45, 2.75) is 20.4 Å². The van der Waals surface area contributed by atoms with Crippen LogP contribution in [0, 0.1) is 13.8 Å². The van der Waals surface area contributed by atoms with Crippen LogP contribution in [0.3, 0.4) is 0 Å². The Labute approximate surface area is 94.4 Å². The average molecular weight is 214 g/mol. The highest BCUT2D eigenvalue weighted by Crippen LogP contribution is 2.10. The molecule has 2 aromatic rings. The highest BCUT2D eigenvalue weighted by molar-refractivity contribution is 5.30. The summed E-state index contributed by atoms with van der Waals surface area (Å²) in [6, 6.07) is 7.99.